The van der Waals surface area contributed by atoms with E-state index in [2.05, 4.69) is 19.9 Å². The van der Waals surface area contributed by atoms with Gasteiger partial charge in [0.05, 0.1) is 11.1 Å². The predicted molar refractivity (Wildman–Crippen MR) is 150 cm³/mol. The van der Waals surface area contributed by atoms with E-state index in [0.29, 0.717) is 17.0 Å². The van der Waals surface area contributed by atoms with E-state index in [9.17, 15) is 19.8 Å². The molecule has 1 saturated carbocycles. The summed E-state index contributed by atoms with van der Waals surface area (Å²) in [6, 6.07) is 16.8. The second-order valence-corrected chi connectivity index (χ2v) is 10.2. The van der Waals surface area contributed by atoms with Gasteiger partial charge in [0, 0.05) is 0 Å². The zero-order valence-electron chi connectivity index (χ0n) is 22.1. The Morgan fingerprint density at radius 2 is 1.30 bits per heavy atom. The van der Waals surface area contributed by atoms with Gasteiger partial charge in [0.1, 0.15) is 0 Å². The zero-order valence-corrected chi connectivity index (χ0v) is 22.1. The minimum absolute atomic E-state index is 0.254. The van der Waals surface area contributed by atoms with Crippen LogP contribution in [0.25, 0.3) is 22.3 Å². The van der Waals surface area contributed by atoms with Crippen LogP contribution in [0.5, 0.6) is 0 Å². The van der Waals surface area contributed by atoms with Crippen molar-refractivity contribution in [3.05, 3.63) is 82.4 Å². The van der Waals surface area contributed by atoms with Crippen LogP contribution in [0.1, 0.15) is 109 Å². The highest BCUT2D eigenvalue weighted by Gasteiger charge is 2.29. The van der Waals surface area contributed by atoms with E-state index in [1.165, 1.54) is 17.5 Å². The van der Waals surface area contributed by atoms with Gasteiger partial charge in [-0.2, -0.15) is 0 Å². The van der Waals surface area contributed by atoms with E-state index >= 15 is 0 Å². The Kier molecular flexibility index (Phi) is 8.81. The van der Waals surface area contributed by atoms with Crippen molar-refractivity contribution in [2.24, 2.45) is 0 Å². The van der Waals surface area contributed by atoms with Gasteiger partial charge in [-0.15, -0.1) is 0 Å². The lowest BCUT2D eigenvalue weighted by Gasteiger charge is -2.31. The van der Waals surface area contributed by atoms with Crippen molar-refractivity contribution < 1.29 is 19.8 Å². The zero-order chi connectivity index (χ0) is 26.4. The average Bonchev–Trinajstić information content (AvgIpc) is 2.92. The lowest BCUT2D eigenvalue weighted by Crippen LogP contribution is -2.14. The van der Waals surface area contributed by atoms with E-state index < -0.39 is 11.9 Å². The van der Waals surface area contributed by atoms with Crippen LogP contribution in [0.3, 0.4) is 0 Å². The average molecular weight is 499 g/mol. The molecule has 1 aliphatic rings. The lowest BCUT2D eigenvalue weighted by molar-refractivity contribution is 0.0686. The Balaban J connectivity index is 2.19. The maximum Gasteiger partial charge on any atom is 0.336 e. The first-order valence-corrected chi connectivity index (χ1v) is 13.8. The summed E-state index contributed by atoms with van der Waals surface area (Å²) in [5, 5.41) is 20.4. The van der Waals surface area contributed by atoms with Crippen molar-refractivity contribution in [1.29, 1.82) is 0 Å². The topological polar surface area (TPSA) is 74.6 Å². The number of aryl methyl sites for hydroxylation is 2. The van der Waals surface area contributed by atoms with Gasteiger partial charge >= 0.3 is 11.9 Å². The summed E-state index contributed by atoms with van der Waals surface area (Å²) in [5.41, 5.74) is 7.39. The monoisotopic (exact) mass is 498 g/mol. The van der Waals surface area contributed by atoms with E-state index in [1.807, 2.05) is 24.3 Å². The second kappa shape index (κ2) is 12.2. The normalized spacial score (nSPS) is 14.0. The fourth-order valence-electron chi connectivity index (χ4n) is 6.08. The summed E-state index contributed by atoms with van der Waals surface area (Å²) in [5.74, 6) is -1.59. The molecule has 0 heterocycles. The Labute approximate surface area is 220 Å². The third kappa shape index (κ3) is 5.64. The molecule has 0 saturated heterocycles. The molecule has 0 spiro atoms. The molecule has 0 aliphatic heterocycles. The van der Waals surface area contributed by atoms with Crippen LogP contribution in [0.15, 0.2) is 54.6 Å². The van der Waals surface area contributed by atoms with Crippen LogP contribution in [0, 0.1) is 0 Å². The van der Waals surface area contributed by atoms with Crippen LogP contribution < -0.4 is 0 Å². The lowest BCUT2D eigenvalue weighted by atomic mass is 9.73. The fraction of sp³-hybridized carbons (Fsp3) is 0.394. The summed E-state index contributed by atoms with van der Waals surface area (Å²) in [4.78, 5) is 24.9. The molecule has 2 N–H and O–H groups in total. The Bertz CT molecular complexity index is 1270. The minimum Gasteiger partial charge on any atom is -0.478 e. The highest BCUT2D eigenvalue weighted by atomic mass is 16.4. The van der Waals surface area contributed by atoms with Crippen molar-refractivity contribution in [3.63, 3.8) is 0 Å². The summed E-state index contributed by atoms with van der Waals surface area (Å²) < 4.78 is 0. The third-order valence-corrected chi connectivity index (χ3v) is 7.72. The molecule has 4 rings (SSSR count). The number of carbonyl (C=O) groups is 2. The molecule has 1 fully saturated rings. The number of hydrogen-bond acceptors (Lipinski definition) is 2. The SMILES string of the molecule is CCCCc1cc(CCC)c(-c2ccccc2C(=O)O)c(-c2ccccc2C(=O)O)c1C1CCCCC1. The first kappa shape index (κ1) is 26.7. The Hall–Kier alpha value is -3.40. The molecule has 0 atom stereocenters. The van der Waals surface area contributed by atoms with Crippen LogP contribution >= 0.6 is 0 Å². The predicted octanol–water partition coefficient (Wildman–Crippen LogP) is 8.76. The minimum atomic E-state index is -0.968. The number of rotatable bonds is 10. The third-order valence-electron chi connectivity index (χ3n) is 7.72. The molecule has 37 heavy (non-hydrogen) atoms. The number of carboxylic acid groups (broad SMARTS) is 2. The molecule has 4 heteroatoms. The number of aromatic carboxylic acids is 2. The van der Waals surface area contributed by atoms with Crippen LogP contribution in [0.2, 0.25) is 0 Å². The largest absolute Gasteiger partial charge is 0.478 e. The molecular formula is C33H38O4. The molecule has 0 bridgehead atoms. The van der Waals surface area contributed by atoms with Gasteiger partial charge in [0.2, 0.25) is 0 Å². The number of carboxylic acids is 2. The van der Waals surface area contributed by atoms with Crippen molar-refractivity contribution >= 4 is 11.9 Å². The first-order chi connectivity index (χ1) is 18.0. The maximum atomic E-state index is 12.5. The highest BCUT2D eigenvalue weighted by molar-refractivity contribution is 6.04. The van der Waals surface area contributed by atoms with Gasteiger partial charge in [0.15, 0.2) is 0 Å². The summed E-state index contributed by atoms with van der Waals surface area (Å²) in [6.07, 6.45) is 10.5. The molecule has 194 valence electrons. The van der Waals surface area contributed by atoms with Gasteiger partial charge in [0.25, 0.3) is 0 Å². The fourth-order valence-corrected chi connectivity index (χ4v) is 6.08. The molecule has 0 unspecified atom stereocenters. The maximum absolute atomic E-state index is 12.5. The van der Waals surface area contributed by atoms with Crippen molar-refractivity contribution in [2.45, 2.75) is 84.0 Å². The van der Waals surface area contributed by atoms with Gasteiger partial charge < -0.3 is 10.2 Å². The molecule has 3 aromatic carbocycles. The van der Waals surface area contributed by atoms with Crippen molar-refractivity contribution in [1.82, 2.24) is 0 Å². The van der Waals surface area contributed by atoms with Gasteiger partial charge in [-0.3, -0.25) is 0 Å². The van der Waals surface area contributed by atoms with Crippen LogP contribution in [0.4, 0.5) is 0 Å². The molecule has 3 aromatic rings. The van der Waals surface area contributed by atoms with E-state index in [0.717, 1.165) is 74.5 Å². The number of unbranched alkanes of at least 4 members (excludes halogenated alkanes) is 1. The van der Waals surface area contributed by atoms with Gasteiger partial charge in [-0.25, -0.2) is 9.59 Å². The van der Waals surface area contributed by atoms with Crippen LogP contribution in [-0.4, -0.2) is 22.2 Å². The summed E-state index contributed by atoms with van der Waals surface area (Å²) in [7, 11) is 0. The van der Waals surface area contributed by atoms with Crippen molar-refractivity contribution in [2.75, 3.05) is 0 Å². The summed E-state index contributed by atoms with van der Waals surface area (Å²) >= 11 is 0. The number of hydrogen-bond donors (Lipinski definition) is 2. The standard InChI is InChI=1S/C33H38O4/c1-3-5-14-24-21-23(13-4-2)30(25-17-9-11-19-27(25)32(34)35)31(29(24)22-15-7-6-8-16-22)26-18-10-12-20-28(26)33(36)37/h9-12,17-22H,3-8,13-16H2,1-2H3,(H,34,35)(H,36,37). The molecule has 4 nitrogen and oxygen atoms in total. The van der Waals surface area contributed by atoms with E-state index in [1.54, 1.807) is 24.3 Å². The highest BCUT2D eigenvalue weighted by Crippen LogP contribution is 2.48. The molecule has 1 aliphatic carbocycles. The van der Waals surface area contributed by atoms with Crippen molar-refractivity contribution in [3.8, 4) is 22.3 Å². The quantitative estimate of drug-likeness (QED) is 0.293. The van der Waals surface area contributed by atoms with E-state index in [-0.39, 0.29) is 11.1 Å². The van der Waals surface area contributed by atoms with E-state index in [4.69, 9.17) is 0 Å². The number of benzene rings is 3. The first-order valence-electron chi connectivity index (χ1n) is 13.8. The van der Waals surface area contributed by atoms with Gasteiger partial charge in [-0.1, -0.05) is 88.4 Å². The van der Waals surface area contributed by atoms with Crippen LogP contribution in [-0.2, 0) is 12.8 Å². The Morgan fingerprint density at radius 3 is 1.84 bits per heavy atom. The Morgan fingerprint density at radius 1 is 0.730 bits per heavy atom. The summed E-state index contributed by atoms with van der Waals surface area (Å²) in [6.45, 7) is 4.34. The second-order valence-electron chi connectivity index (χ2n) is 10.2. The molecular weight excluding hydrogens is 460 g/mol. The molecule has 0 radical (unpaired) electrons. The smallest absolute Gasteiger partial charge is 0.336 e. The van der Waals surface area contributed by atoms with Gasteiger partial charge in [-0.05, 0) is 89.1 Å². The molecule has 0 aromatic heterocycles. The molecule has 0 amide bonds.